The monoisotopic (exact) mass is 344 g/mol. The fourth-order valence-electron chi connectivity index (χ4n) is 4.23. The van der Waals surface area contributed by atoms with Crippen LogP contribution in [0.5, 0.6) is 0 Å². The van der Waals surface area contributed by atoms with Crippen LogP contribution in [0, 0.1) is 24.2 Å². The van der Waals surface area contributed by atoms with E-state index >= 15 is 0 Å². The molecular formula is C20H24O5. The van der Waals surface area contributed by atoms with Crippen molar-refractivity contribution in [3.8, 4) is 0 Å². The van der Waals surface area contributed by atoms with E-state index in [4.69, 9.17) is 9.15 Å². The van der Waals surface area contributed by atoms with E-state index in [0.717, 1.165) is 5.56 Å². The normalized spacial score (nSPS) is 32.2. The van der Waals surface area contributed by atoms with Crippen molar-refractivity contribution in [1.82, 2.24) is 0 Å². The number of ketones is 2. The Morgan fingerprint density at radius 1 is 1.40 bits per heavy atom. The maximum absolute atomic E-state index is 13.0. The molecule has 0 saturated heterocycles. The van der Waals surface area contributed by atoms with Crippen molar-refractivity contribution in [3.63, 3.8) is 0 Å². The van der Waals surface area contributed by atoms with Gasteiger partial charge in [-0.25, -0.2) is 4.79 Å². The van der Waals surface area contributed by atoms with E-state index in [1.54, 1.807) is 19.9 Å². The van der Waals surface area contributed by atoms with Gasteiger partial charge in [-0.15, -0.1) is 0 Å². The smallest absolute Gasteiger partial charge is 0.334 e. The van der Waals surface area contributed by atoms with Crippen LogP contribution in [0.2, 0.25) is 0 Å². The van der Waals surface area contributed by atoms with Crippen molar-refractivity contribution in [2.24, 2.45) is 17.3 Å². The number of Topliss-reactive ketones (excluding diaryl/α,β-unsaturated/α-hetero) is 2. The molecule has 1 fully saturated rings. The quantitative estimate of drug-likeness (QED) is 0.600. The average molecular weight is 344 g/mol. The summed E-state index contributed by atoms with van der Waals surface area (Å²) in [4.78, 5) is 37.9. The SMILES string of the molecule is CC=C(C)C(=O)OC1c2c(C)coc2C(=O)C2CCC(=O)C(C)C21C. The van der Waals surface area contributed by atoms with Gasteiger partial charge in [-0.3, -0.25) is 9.59 Å². The Hall–Kier alpha value is -2.17. The third kappa shape index (κ3) is 2.40. The molecule has 0 amide bonds. The number of aryl methyl sites for hydroxylation is 1. The molecule has 2 aliphatic carbocycles. The highest BCUT2D eigenvalue weighted by Gasteiger charge is 2.60. The van der Waals surface area contributed by atoms with Crippen molar-refractivity contribution in [2.75, 3.05) is 0 Å². The maximum Gasteiger partial charge on any atom is 0.334 e. The van der Waals surface area contributed by atoms with Gasteiger partial charge in [0.1, 0.15) is 11.9 Å². The zero-order valence-corrected chi connectivity index (χ0v) is 15.3. The van der Waals surface area contributed by atoms with Crippen LogP contribution in [0.15, 0.2) is 22.3 Å². The molecule has 4 atom stereocenters. The van der Waals surface area contributed by atoms with Gasteiger partial charge in [0, 0.05) is 34.8 Å². The number of hydrogen-bond donors (Lipinski definition) is 0. The van der Waals surface area contributed by atoms with E-state index in [1.807, 2.05) is 20.8 Å². The molecule has 4 unspecified atom stereocenters. The average Bonchev–Trinajstić information content (AvgIpc) is 2.97. The number of fused-ring (bicyclic) bond motifs is 2. The zero-order chi connectivity index (χ0) is 18.5. The van der Waals surface area contributed by atoms with Gasteiger partial charge in [-0.2, -0.15) is 0 Å². The van der Waals surface area contributed by atoms with Crippen LogP contribution in [0.1, 0.15) is 68.3 Å². The first kappa shape index (κ1) is 17.6. The number of carbonyl (C=O) groups is 3. The van der Waals surface area contributed by atoms with Gasteiger partial charge in [-0.1, -0.05) is 19.9 Å². The van der Waals surface area contributed by atoms with Crippen LogP contribution >= 0.6 is 0 Å². The molecule has 1 saturated carbocycles. The second kappa shape index (κ2) is 5.97. The fraction of sp³-hybridized carbons (Fsp3) is 0.550. The van der Waals surface area contributed by atoms with Crippen molar-refractivity contribution in [1.29, 1.82) is 0 Å². The summed E-state index contributed by atoms with van der Waals surface area (Å²) < 4.78 is 11.4. The van der Waals surface area contributed by atoms with Gasteiger partial charge in [-0.05, 0) is 32.8 Å². The molecule has 1 heterocycles. The molecular weight excluding hydrogens is 320 g/mol. The number of furan rings is 1. The van der Waals surface area contributed by atoms with E-state index in [0.29, 0.717) is 24.0 Å². The summed E-state index contributed by atoms with van der Waals surface area (Å²) in [6.45, 7) is 9.03. The lowest BCUT2D eigenvalue weighted by molar-refractivity contribution is -0.165. The van der Waals surface area contributed by atoms with E-state index in [-0.39, 0.29) is 29.2 Å². The fourth-order valence-corrected chi connectivity index (χ4v) is 4.23. The molecule has 25 heavy (non-hydrogen) atoms. The van der Waals surface area contributed by atoms with Gasteiger partial charge in [0.2, 0.25) is 5.78 Å². The molecule has 0 aliphatic heterocycles. The van der Waals surface area contributed by atoms with Crippen LogP contribution in [0.25, 0.3) is 0 Å². The Morgan fingerprint density at radius 3 is 2.72 bits per heavy atom. The minimum Gasteiger partial charge on any atom is -0.461 e. The number of ether oxygens (including phenoxy) is 1. The summed E-state index contributed by atoms with van der Waals surface area (Å²) in [5, 5.41) is 0. The van der Waals surface area contributed by atoms with Crippen LogP contribution in [0.3, 0.4) is 0 Å². The summed E-state index contributed by atoms with van der Waals surface area (Å²) in [6, 6.07) is 0. The number of esters is 1. The van der Waals surface area contributed by atoms with Gasteiger partial charge < -0.3 is 9.15 Å². The van der Waals surface area contributed by atoms with Crippen LogP contribution in [-0.4, -0.2) is 17.5 Å². The Morgan fingerprint density at radius 2 is 2.08 bits per heavy atom. The summed E-state index contributed by atoms with van der Waals surface area (Å²) >= 11 is 0. The molecule has 5 nitrogen and oxygen atoms in total. The topological polar surface area (TPSA) is 73.6 Å². The summed E-state index contributed by atoms with van der Waals surface area (Å²) in [7, 11) is 0. The van der Waals surface area contributed by atoms with Crippen LogP contribution in [-0.2, 0) is 14.3 Å². The van der Waals surface area contributed by atoms with E-state index in [1.165, 1.54) is 6.26 Å². The lowest BCUT2D eigenvalue weighted by Gasteiger charge is -2.50. The molecule has 1 aromatic rings. The van der Waals surface area contributed by atoms with Crippen LogP contribution in [0.4, 0.5) is 0 Å². The van der Waals surface area contributed by atoms with E-state index < -0.39 is 17.5 Å². The molecule has 3 rings (SSSR count). The first-order chi connectivity index (χ1) is 11.7. The highest BCUT2D eigenvalue weighted by atomic mass is 16.5. The molecule has 134 valence electrons. The Bertz CT molecular complexity index is 784. The molecule has 0 radical (unpaired) electrons. The summed E-state index contributed by atoms with van der Waals surface area (Å²) in [5.74, 6) is -0.890. The third-order valence-corrected chi connectivity index (χ3v) is 6.22. The Balaban J connectivity index is 2.17. The first-order valence-electron chi connectivity index (χ1n) is 8.72. The minimum atomic E-state index is -0.766. The molecule has 1 aromatic heterocycles. The molecule has 0 aromatic carbocycles. The predicted molar refractivity (Wildman–Crippen MR) is 91.0 cm³/mol. The van der Waals surface area contributed by atoms with Crippen molar-refractivity contribution >= 4 is 17.5 Å². The zero-order valence-electron chi connectivity index (χ0n) is 15.3. The van der Waals surface area contributed by atoms with Gasteiger partial charge in [0.15, 0.2) is 5.76 Å². The van der Waals surface area contributed by atoms with Crippen molar-refractivity contribution in [2.45, 2.75) is 53.6 Å². The van der Waals surface area contributed by atoms with Crippen molar-refractivity contribution in [3.05, 3.63) is 34.8 Å². The molecule has 2 aliphatic rings. The largest absolute Gasteiger partial charge is 0.461 e. The second-order valence-electron chi connectivity index (χ2n) is 7.43. The van der Waals surface area contributed by atoms with E-state index in [2.05, 4.69) is 0 Å². The molecule has 0 N–H and O–H groups in total. The molecule has 0 bridgehead atoms. The number of allylic oxidation sites excluding steroid dienone is 1. The second-order valence-corrected chi connectivity index (χ2v) is 7.43. The number of hydrogen-bond acceptors (Lipinski definition) is 5. The van der Waals surface area contributed by atoms with Gasteiger partial charge in [0.25, 0.3) is 0 Å². The van der Waals surface area contributed by atoms with Crippen LogP contribution < -0.4 is 0 Å². The van der Waals surface area contributed by atoms with Crippen molar-refractivity contribution < 1.29 is 23.5 Å². The minimum absolute atomic E-state index is 0.0833. The predicted octanol–water partition coefficient (Wildman–Crippen LogP) is 3.96. The highest BCUT2D eigenvalue weighted by Crippen LogP contribution is 2.58. The lowest BCUT2D eigenvalue weighted by Crippen LogP contribution is -2.53. The Kier molecular flexibility index (Phi) is 4.21. The summed E-state index contributed by atoms with van der Waals surface area (Å²) in [6.07, 6.45) is 3.38. The highest BCUT2D eigenvalue weighted by molar-refractivity contribution is 6.01. The lowest BCUT2D eigenvalue weighted by atomic mass is 9.53. The molecule has 5 heteroatoms. The number of carbonyl (C=O) groups excluding carboxylic acids is 3. The summed E-state index contributed by atoms with van der Waals surface area (Å²) in [5.41, 5.74) is 1.11. The third-order valence-electron chi connectivity index (χ3n) is 6.22. The first-order valence-corrected chi connectivity index (χ1v) is 8.72. The van der Waals surface area contributed by atoms with Gasteiger partial charge in [0.05, 0.1) is 6.26 Å². The standard InChI is InChI=1S/C20H24O5/c1-6-10(2)19(23)25-18-15-11(3)9-24-17(15)16(22)13-7-8-14(21)12(4)20(13,18)5/h6,9,12-13,18H,7-8H2,1-5H3. The maximum atomic E-state index is 13.0. The van der Waals surface area contributed by atoms with Gasteiger partial charge >= 0.3 is 5.97 Å². The Labute approximate surface area is 147 Å². The molecule has 0 spiro atoms. The number of rotatable bonds is 2. The van der Waals surface area contributed by atoms with E-state index in [9.17, 15) is 14.4 Å².